The van der Waals surface area contributed by atoms with Gasteiger partial charge in [0, 0.05) is 39.9 Å². The lowest BCUT2D eigenvalue weighted by atomic mass is 10.2. The SMILES string of the molecule is COCCOCCCCNC1=NCC2CN(C(=O)OC(C)(C)C)CCN12.I. The van der Waals surface area contributed by atoms with Crippen molar-refractivity contribution in [1.82, 2.24) is 15.1 Å². The minimum atomic E-state index is -0.458. The Labute approximate surface area is 180 Å². The number of fused-ring (bicyclic) bond motifs is 1. The van der Waals surface area contributed by atoms with Gasteiger partial charge in [-0.15, -0.1) is 24.0 Å². The summed E-state index contributed by atoms with van der Waals surface area (Å²) in [7, 11) is 1.68. The highest BCUT2D eigenvalue weighted by molar-refractivity contribution is 14.0. The average molecular weight is 498 g/mol. The molecule has 2 aliphatic rings. The molecule has 1 atom stereocenters. The Balaban J connectivity index is 0.00000364. The minimum Gasteiger partial charge on any atom is -0.444 e. The summed E-state index contributed by atoms with van der Waals surface area (Å²) in [5.74, 6) is 0.958. The van der Waals surface area contributed by atoms with E-state index < -0.39 is 5.60 Å². The van der Waals surface area contributed by atoms with E-state index in [1.165, 1.54) is 0 Å². The van der Waals surface area contributed by atoms with Crippen LogP contribution < -0.4 is 5.32 Å². The van der Waals surface area contributed by atoms with Crippen molar-refractivity contribution in [3.63, 3.8) is 0 Å². The molecule has 0 aromatic rings. The van der Waals surface area contributed by atoms with Crippen LogP contribution in [0.25, 0.3) is 0 Å². The lowest BCUT2D eigenvalue weighted by Crippen LogP contribution is -2.57. The van der Waals surface area contributed by atoms with Gasteiger partial charge in [-0.3, -0.25) is 4.99 Å². The number of aliphatic imine (C=N–C) groups is 1. The molecule has 0 saturated carbocycles. The van der Waals surface area contributed by atoms with E-state index in [0.29, 0.717) is 26.3 Å². The molecule has 0 aromatic carbocycles. The number of nitrogens with zero attached hydrogens (tertiary/aromatic N) is 3. The molecule has 27 heavy (non-hydrogen) atoms. The van der Waals surface area contributed by atoms with Crippen molar-refractivity contribution < 1.29 is 19.0 Å². The molecule has 0 aliphatic carbocycles. The summed E-state index contributed by atoms with van der Waals surface area (Å²) >= 11 is 0. The third kappa shape index (κ3) is 8.39. The number of guanidine groups is 1. The largest absolute Gasteiger partial charge is 0.444 e. The molecule has 2 heterocycles. The minimum absolute atomic E-state index is 0. The quantitative estimate of drug-likeness (QED) is 0.407. The van der Waals surface area contributed by atoms with Crippen molar-refractivity contribution in [2.45, 2.75) is 45.3 Å². The maximum Gasteiger partial charge on any atom is 0.410 e. The van der Waals surface area contributed by atoms with Crippen molar-refractivity contribution in [3.05, 3.63) is 0 Å². The lowest BCUT2D eigenvalue weighted by Gasteiger charge is -2.39. The fourth-order valence-corrected chi connectivity index (χ4v) is 3.00. The summed E-state index contributed by atoms with van der Waals surface area (Å²) in [4.78, 5) is 20.9. The van der Waals surface area contributed by atoms with Gasteiger partial charge < -0.3 is 29.3 Å². The van der Waals surface area contributed by atoms with Crippen LogP contribution in [0.3, 0.4) is 0 Å². The molecule has 1 fully saturated rings. The molecular weight excluding hydrogens is 463 g/mol. The highest BCUT2D eigenvalue weighted by Crippen LogP contribution is 2.18. The lowest BCUT2D eigenvalue weighted by molar-refractivity contribution is 0.0137. The number of piperazine rings is 1. The molecule has 1 amide bonds. The predicted octanol–water partition coefficient (Wildman–Crippen LogP) is 1.93. The van der Waals surface area contributed by atoms with Gasteiger partial charge in [0.15, 0.2) is 5.96 Å². The smallest absolute Gasteiger partial charge is 0.410 e. The van der Waals surface area contributed by atoms with Crippen molar-refractivity contribution in [1.29, 1.82) is 0 Å². The summed E-state index contributed by atoms with van der Waals surface area (Å²) in [5, 5.41) is 3.43. The monoisotopic (exact) mass is 498 g/mol. The second-order valence-electron chi connectivity index (χ2n) is 7.68. The molecule has 158 valence electrons. The van der Waals surface area contributed by atoms with Gasteiger partial charge in [-0.2, -0.15) is 0 Å². The van der Waals surface area contributed by atoms with Crippen molar-refractivity contribution in [2.24, 2.45) is 4.99 Å². The van der Waals surface area contributed by atoms with E-state index >= 15 is 0 Å². The van der Waals surface area contributed by atoms with Gasteiger partial charge in [0.25, 0.3) is 0 Å². The van der Waals surface area contributed by atoms with Crippen LogP contribution in [0.2, 0.25) is 0 Å². The maximum absolute atomic E-state index is 12.2. The average Bonchev–Trinajstić information content (AvgIpc) is 2.98. The van der Waals surface area contributed by atoms with Crippen molar-refractivity contribution in [3.8, 4) is 0 Å². The number of carbonyl (C=O) groups excluding carboxylic acids is 1. The molecule has 0 radical (unpaired) electrons. The summed E-state index contributed by atoms with van der Waals surface area (Å²) in [5.41, 5.74) is -0.458. The molecule has 2 rings (SSSR count). The van der Waals surface area contributed by atoms with Crippen molar-refractivity contribution >= 4 is 36.0 Å². The second kappa shape index (κ2) is 11.9. The van der Waals surface area contributed by atoms with Gasteiger partial charge >= 0.3 is 6.09 Å². The molecule has 1 unspecified atom stereocenters. The van der Waals surface area contributed by atoms with Crippen LogP contribution in [-0.4, -0.2) is 93.1 Å². The summed E-state index contributed by atoms with van der Waals surface area (Å²) in [6.45, 7) is 11.5. The van der Waals surface area contributed by atoms with E-state index in [0.717, 1.165) is 45.0 Å². The Hall–Kier alpha value is -0.810. The predicted molar refractivity (Wildman–Crippen MR) is 116 cm³/mol. The zero-order valence-electron chi connectivity index (χ0n) is 17.0. The number of amides is 1. The Morgan fingerprint density at radius 2 is 2.00 bits per heavy atom. The molecule has 8 nitrogen and oxygen atoms in total. The third-order valence-electron chi connectivity index (χ3n) is 4.29. The van der Waals surface area contributed by atoms with E-state index in [1.807, 2.05) is 20.8 Å². The number of ether oxygens (including phenoxy) is 3. The molecule has 1 N–H and O–H groups in total. The first-order valence-corrected chi connectivity index (χ1v) is 9.50. The molecule has 9 heteroatoms. The van der Waals surface area contributed by atoms with Crippen molar-refractivity contribution in [2.75, 3.05) is 59.7 Å². The zero-order valence-corrected chi connectivity index (χ0v) is 19.4. The van der Waals surface area contributed by atoms with E-state index in [-0.39, 0.29) is 36.1 Å². The first kappa shape index (κ1) is 24.2. The third-order valence-corrected chi connectivity index (χ3v) is 4.29. The second-order valence-corrected chi connectivity index (χ2v) is 7.68. The van der Waals surface area contributed by atoms with Gasteiger partial charge in [-0.05, 0) is 33.6 Å². The summed E-state index contributed by atoms with van der Waals surface area (Å²) in [6, 6.07) is 0.246. The zero-order chi connectivity index (χ0) is 19.0. The fraction of sp³-hybridized carbons (Fsp3) is 0.889. The van der Waals surface area contributed by atoms with E-state index in [9.17, 15) is 4.79 Å². The number of rotatable bonds is 8. The topological polar surface area (TPSA) is 75.6 Å². The first-order chi connectivity index (χ1) is 12.4. The molecular formula is C18H35IN4O4. The fourth-order valence-electron chi connectivity index (χ4n) is 3.00. The Kier molecular flexibility index (Phi) is 10.7. The number of nitrogens with one attached hydrogen (secondary N) is 1. The Bertz CT molecular complexity index is 484. The normalized spacial score (nSPS) is 19.3. The molecule has 0 bridgehead atoms. The Morgan fingerprint density at radius 1 is 1.22 bits per heavy atom. The molecule has 2 aliphatic heterocycles. The van der Waals surface area contributed by atoms with Crippen LogP contribution in [0, 0.1) is 0 Å². The van der Waals surface area contributed by atoms with E-state index in [1.54, 1.807) is 12.0 Å². The number of methoxy groups -OCH3 is 1. The van der Waals surface area contributed by atoms with Crippen LogP contribution in [0.4, 0.5) is 4.79 Å². The van der Waals surface area contributed by atoms with Crippen LogP contribution in [-0.2, 0) is 14.2 Å². The number of halogens is 1. The van der Waals surface area contributed by atoms with E-state index in [4.69, 9.17) is 14.2 Å². The highest BCUT2D eigenvalue weighted by Gasteiger charge is 2.36. The van der Waals surface area contributed by atoms with Gasteiger partial charge in [0.1, 0.15) is 5.60 Å². The van der Waals surface area contributed by atoms with E-state index in [2.05, 4.69) is 15.2 Å². The summed E-state index contributed by atoms with van der Waals surface area (Å²) < 4.78 is 15.9. The van der Waals surface area contributed by atoms with Crippen LogP contribution >= 0.6 is 24.0 Å². The van der Waals surface area contributed by atoms with Gasteiger partial charge in [-0.25, -0.2) is 4.79 Å². The number of hydrogen-bond donors (Lipinski definition) is 1. The van der Waals surface area contributed by atoms with Gasteiger partial charge in [-0.1, -0.05) is 0 Å². The number of hydrogen-bond acceptors (Lipinski definition) is 7. The Morgan fingerprint density at radius 3 is 2.70 bits per heavy atom. The molecule has 1 saturated heterocycles. The van der Waals surface area contributed by atoms with Crippen LogP contribution in [0.1, 0.15) is 33.6 Å². The maximum atomic E-state index is 12.2. The van der Waals surface area contributed by atoms with Crippen LogP contribution in [0.5, 0.6) is 0 Å². The van der Waals surface area contributed by atoms with Crippen LogP contribution in [0.15, 0.2) is 4.99 Å². The number of carbonyl (C=O) groups is 1. The summed E-state index contributed by atoms with van der Waals surface area (Å²) in [6.07, 6.45) is 1.82. The molecule has 0 aromatic heterocycles. The molecule has 0 spiro atoms. The first-order valence-electron chi connectivity index (χ1n) is 9.50. The highest BCUT2D eigenvalue weighted by atomic mass is 127. The van der Waals surface area contributed by atoms with Gasteiger partial charge in [0.2, 0.25) is 0 Å². The number of unbranched alkanes of at least 4 members (excludes halogenated alkanes) is 1. The van der Waals surface area contributed by atoms with Gasteiger partial charge in [0.05, 0.1) is 25.8 Å². The standard InChI is InChI=1S/C18H34N4O4.HI/c1-18(2,3)26-17(23)21-8-9-22-15(14-21)13-20-16(22)19-7-5-6-10-25-12-11-24-4;/h15H,5-14H2,1-4H3,(H,19,20);1H.